The van der Waals surface area contributed by atoms with E-state index >= 15 is 0 Å². The van der Waals surface area contributed by atoms with Gasteiger partial charge < -0.3 is 4.55 Å². The maximum Gasteiger partial charge on any atom is 0.247 e. The van der Waals surface area contributed by atoms with Crippen LogP contribution in [0.25, 0.3) is 0 Å². The van der Waals surface area contributed by atoms with E-state index in [0.29, 0.717) is 0 Å². The predicted octanol–water partition coefficient (Wildman–Crippen LogP) is -1.56. The second-order valence-electron chi connectivity index (χ2n) is 0.929. The molecule has 0 bridgehead atoms. The van der Waals surface area contributed by atoms with Gasteiger partial charge in [-0.3, -0.25) is 4.21 Å². The van der Waals surface area contributed by atoms with Crippen LogP contribution in [0.15, 0.2) is 5.16 Å². The fraction of sp³-hybridized carbons (Fsp3) is 0. The van der Waals surface area contributed by atoms with Crippen molar-refractivity contribution >= 4 is 11.1 Å². The minimum atomic E-state index is -2.36. The molecule has 1 N–H and O–H groups in total. The van der Waals surface area contributed by atoms with Crippen molar-refractivity contribution in [2.24, 2.45) is 0 Å². The van der Waals surface area contributed by atoms with E-state index in [4.69, 9.17) is 0 Å². The third-order valence-electron chi connectivity index (χ3n) is 0.475. The second kappa shape index (κ2) is 1.97. The highest BCUT2D eigenvalue weighted by atomic mass is 32.2. The lowest BCUT2D eigenvalue weighted by atomic mass is 11.4. The lowest BCUT2D eigenvalue weighted by molar-refractivity contribution is 0.529. The number of H-pyrrole nitrogens is 1. The number of rotatable bonds is 1. The Hall–Kier alpha value is -0.820. The van der Waals surface area contributed by atoms with Crippen molar-refractivity contribution in [2.45, 2.75) is 5.16 Å². The van der Waals surface area contributed by atoms with E-state index in [1.54, 1.807) is 0 Å². The van der Waals surface area contributed by atoms with Gasteiger partial charge in [0.05, 0.1) is 0 Å². The summed E-state index contributed by atoms with van der Waals surface area (Å²) in [5, 5.41) is 11.0. The van der Waals surface area contributed by atoms with Crippen molar-refractivity contribution in [2.75, 3.05) is 0 Å². The number of nitrogens with one attached hydrogen (secondary N) is 1. The maximum atomic E-state index is 9.88. The number of hydrogen-bond donors (Lipinski definition) is 1. The Morgan fingerprint density at radius 2 is 2.50 bits per heavy atom. The SMILES string of the molecule is O=S([O-])c1nn[nH]n1. The number of aromatic amines is 1. The molecule has 1 aromatic heterocycles. The molecule has 1 rings (SSSR count). The average molecular weight is 133 g/mol. The average Bonchev–Trinajstić information content (AvgIpc) is 2.12. The fourth-order valence-electron chi connectivity index (χ4n) is 0.223. The Morgan fingerprint density at radius 3 is 2.75 bits per heavy atom. The molecule has 44 valence electrons. The van der Waals surface area contributed by atoms with Gasteiger partial charge in [0.2, 0.25) is 5.16 Å². The monoisotopic (exact) mass is 133 g/mol. The van der Waals surface area contributed by atoms with Crippen LogP contribution in [0, 0.1) is 0 Å². The van der Waals surface area contributed by atoms with Crippen LogP contribution in [0.5, 0.6) is 0 Å². The summed E-state index contributed by atoms with van der Waals surface area (Å²) < 4.78 is 19.8. The van der Waals surface area contributed by atoms with Crippen LogP contribution in [-0.2, 0) is 11.1 Å². The first kappa shape index (κ1) is 5.32. The Balaban J connectivity index is 2.93. The highest BCUT2D eigenvalue weighted by Crippen LogP contribution is 1.85. The van der Waals surface area contributed by atoms with Crippen LogP contribution in [0.2, 0.25) is 0 Å². The molecule has 1 unspecified atom stereocenters. The van der Waals surface area contributed by atoms with Crippen molar-refractivity contribution in [3.05, 3.63) is 0 Å². The van der Waals surface area contributed by atoms with Gasteiger partial charge in [0.25, 0.3) is 0 Å². The van der Waals surface area contributed by atoms with Gasteiger partial charge >= 0.3 is 0 Å². The van der Waals surface area contributed by atoms with Crippen molar-refractivity contribution in [3.8, 4) is 0 Å². The van der Waals surface area contributed by atoms with Crippen molar-refractivity contribution in [3.63, 3.8) is 0 Å². The summed E-state index contributed by atoms with van der Waals surface area (Å²) in [4.78, 5) is 0. The molecular formula is CHN4O2S-. The van der Waals surface area contributed by atoms with E-state index in [9.17, 15) is 8.76 Å². The van der Waals surface area contributed by atoms with E-state index in [-0.39, 0.29) is 5.16 Å². The molecule has 0 radical (unpaired) electrons. The highest BCUT2D eigenvalue weighted by molar-refractivity contribution is 7.78. The maximum absolute atomic E-state index is 9.88. The van der Waals surface area contributed by atoms with E-state index in [0.717, 1.165) is 0 Å². The van der Waals surface area contributed by atoms with Crippen LogP contribution >= 0.6 is 0 Å². The molecule has 1 heterocycles. The smallest absolute Gasteiger partial charge is 0.247 e. The zero-order valence-corrected chi connectivity index (χ0v) is 4.38. The summed E-state index contributed by atoms with van der Waals surface area (Å²) in [6.45, 7) is 0. The van der Waals surface area contributed by atoms with Crippen LogP contribution in [-0.4, -0.2) is 29.4 Å². The molecule has 7 heteroatoms. The van der Waals surface area contributed by atoms with Gasteiger partial charge in [0.1, 0.15) is 0 Å². The topological polar surface area (TPSA) is 94.6 Å². The number of tetrazole rings is 1. The molecule has 0 saturated carbocycles. The lowest BCUT2D eigenvalue weighted by Crippen LogP contribution is -1.90. The van der Waals surface area contributed by atoms with E-state index in [2.05, 4.69) is 15.4 Å². The van der Waals surface area contributed by atoms with E-state index < -0.39 is 11.1 Å². The first-order valence-electron chi connectivity index (χ1n) is 1.63. The van der Waals surface area contributed by atoms with Gasteiger partial charge in [-0.25, -0.2) is 0 Å². The van der Waals surface area contributed by atoms with Crippen molar-refractivity contribution < 1.29 is 8.76 Å². The van der Waals surface area contributed by atoms with Gasteiger partial charge in [-0.15, -0.1) is 10.2 Å². The van der Waals surface area contributed by atoms with Gasteiger partial charge in [0.15, 0.2) is 0 Å². The predicted molar refractivity (Wildman–Crippen MR) is 21.4 cm³/mol. The number of nitrogens with zero attached hydrogens (tertiary/aromatic N) is 3. The highest BCUT2D eigenvalue weighted by Gasteiger charge is 1.92. The summed E-state index contributed by atoms with van der Waals surface area (Å²) in [5.41, 5.74) is 0. The Morgan fingerprint density at radius 1 is 1.75 bits per heavy atom. The van der Waals surface area contributed by atoms with Gasteiger partial charge in [-0.1, -0.05) is 0 Å². The molecule has 0 aliphatic carbocycles. The van der Waals surface area contributed by atoms with Crippen molar-refractivity contribution in [1.29, 1.82) is 0 Å². The number of aromatic nitrogens is 4. The first-order chi connectivity index (χ1) is 3.80. The second-order valence-corrected chi connectivity index (χ2v) is 1.76. The molecule has 0 fully saturated rings. The van der Waals surface area contributed by atoms with Gasteiger partial charge in [0, 0.05) is 11.1 Å². The molecule has 6 nitrogen and oxygen atoms in total. The third-order valence-corrected chi connectivity index (χ3v) is 0.946. The molecular weight excluding hydrogens is 132 g/mol. The van der Waals surface area contributed by atoms with Crippen LogP contribution in [0.3, 0.4) is 0 Å². The van der Waals surface area contributed by atoms with Gasteiger partial charge in [-0.2, -0.15) is 5.21 Å². The minimum absolute atomic E-state index is 0.315. The zero-order valence-electron chi connectivity index (χ0n) is 3.57. The first-order valence-corrected chi connectivity index (χ1v) is 2.71. The molecule has 0 saturated heterocycles. The molecule has 1 atom stereocenters. The largest absolute Gasteiger partial charge is 0.766 e. The quantitative estimate of drug-likeness (QED) is 0.467. The Bertz CT molecular complexity index is 182. The van der Waals surface area contributed by atoms with E-state index in [1.165, 1.54) is 0 Å². The summed E-state index contributed by atoms with van der Waals surface area (Å²) in [6, 6.07) is 0. The molecule has 0 spiro atoms. The summed E-state index contributed by atoms with van der Waals surface area (Å²) in [5.74, 6) is 0. The molecule has 0 aliphatic rings. The molecule has 0 aliphatic heterocycles. The number of hydrogen-bond acceptors (Lipinski definition) is 5. The molecule has 1 aromatic rings. The fourth-order valence-corrected chi connectivity index (χ4v) is 0.446. The molecule has 0 aromatic carbocycles. The van der Waals surface area contributed by atoms with Gasteiger partial charge in [-0.05, 0) is 5.21 Å². The summed E-state index contributed by atoms with van der Waals surface area (Å²) >= 11 is -2.36. The molecule has 0 amide bonds. The standard InChI is InChI=1S/CH2N4O2S/c6-8(7)1-2-4-5-3-1/h(H,6,7)(H,2,3,4,5)/p-1. The molecule has 8 heavy (non-hydrogen) atoms. The Labute approximate surface area is 46.6 Å². The normalized spacial score (nSPS) is 13.6. The van der Waals surface area contributed by atoms with E-state index in [1.807, 2.05) is 5.21 Å². The zero-order chi connectivity index (χ0) is 5.98. The Kier molecular flexibility index (Phi) is 1.31. The van der Waals surface area contributed by atoms with Crippen LogP contribution < -0.4 is 0 Å². The van der Waals surface area contributed by atoms with Crippen molar-refractivity contribution in [1.82, 2.24) is 20.6 Å². The summed E-state index contributed by atoms with van der Waals surface area (Å²) in [7, 11) is 0. The lowest BCUT2D eigenvalue weighted by Gasteiger charge is -1.92. The summed E-state index contributed by atoms with van der Waals surface area (Å²) in [6.07, 6.45) is 0. The van der Waals surface area contributed by atoms with Crippen LogP contribution in [0.4, 0.5) is 0 Å². The van der Waals surface area contributed by atoms with Crippen LogP contribution in [0.1, 0.15) is 0 Å². The minimum Gasteiger partial charge on any atom is -0.766 e. The third kappa shape index (κ3) is 0.873.